The number of para-hydroxylation sites is 1. The monoisotopic (exact) mass is 163 g/mol. The second-order valence-corrected chi connectivity index (χ2v) is 3.33. The van der Waals surface area contributed by atoms with Crippen LogP contribution in [0.25, 0.3) is 0 Å². The van der Waals surface area contributed by atoms with Gasteiger partial charge in [0.15, 0.2) is 0 Å². The molecule has 1 aromatic rings. The van der Waals surface area contributed by atoms with Crippen molar-refractivity contribution in [3.05, 3.63) is 36.2 Å². The highest BCUT2D eigenvalue weighted by Crippen LogP contribution is 2.30. The van der Waals surface area contributed by atoms with Gasteiger partial charge in [-0.1, -0.05) is 18.2 Å². The third-order valence-corrected chi connectivity index (χ3v) is 1.91. The zero-order chi connectivity index (χ0) is 8.60. The van der Waals surface area contributed by atoms with E-state index in [0.29, 0.717) is 6.61 Å². The van der Waals surface area contributed by atoms with Crippen LogP contribution in [0.5, 0.6) is 5.75 Å². The first-order chi connectivity index (χ1) is 5.67. The van der Waals surface area contributed by atoms with Crippen LogP contribution in [0.15, 0.2) is 24.3 Å². The summed E-state index contributed by atoms with van der Waals surface area (Å²) < 4.78 is 5.36. The smallest absolute Gasteiger partial charge is 0.123 e. The lowest BCUT2D eigenvalue weighted by atomic mass is 9.94. The molecule has 63 valence electrons. The molecule has 12 heavy (non-hydrogen) atoms. The normalized spacial score (nSPS) is 27.5. The lowest BCUT2D eigenvalue weighted by Crippen LogP contribution is -2.36. The fourth-order valence-electron chi connectivity index (χ4n) is 1.33. The van der Waals surface area contributed by atoms with Crippen LogP contribution in [0.4, 0.5) is 0 Å². The Bertz CT molecular complexity index is 292. The predicted molar refractivity (Wildman–Crippen MR) is 46.0 cm³/mol. The van der Waals surface area contributed by atoms with Gasteiger partial charge >= 0.3 is 0 Å². The van der Waals surface area contributed by atoms with E-state index in [1.54, 1.807) is 6.92 Å². The first kappa shape index (κ1) is 7.62. The third-order valence-electron chi connectivity index (χ3n) is 1.91. The Kier molecular flexibility index (Phi) is 1.58. The van der Waals surface area contributed by atoms with Crippen molar-refractivity contribution in [1.29, 1.82) is 0 Å². The summed E-state index contributed by atoms with van der Waals surface area (Å²) in [5.41, 5.74) is 0.141. The topological polar surface area (TPSA) is 29.5 Å². The highest BCUT2D eigenvalue weighted by atomic mass is 16.5. The molecule has 2 rings (SSSR count). The first-order valence-corrected chi connectivity index (χ1v) is 3.97. The molecule has 0 spiro atoms. The maximum Gasteiger partial charge on any atom is 0.123 e. The van der Waals surface area contributed by atoms with Crippen molar-refractivity contribution < 1.29 is 9.84 Å². The second kappa shape index (κ2) is 2.49. The fourth-order valence-corrected chi connectivity index (χ4v) is 1.33. The van der Waals surface area contributed by atoms with Crippen molar-refractivity contribution >= 4 is 0 Å². The minimum Gasteiger partial charge on any atom is -0.490 e. The molecular weight excluding hydrogens is 152 g/mol. The van der Waals surface area contributed by atoms with Crippen LogP contribution < -0.4 is 4.74 Å². The van der Waals surface area contributed by atoms with E-state index in [-0.39, 0.29) is 0 Å². The molecular formula is C10H11O2. The lowest BCUT2D eigenvalue weighted by Gasteiger charge is -2.29. The van der Waals surface area contributed by atoms with E-state index in [1.165, 1.54) is 0 Å². The number of benzene rings is 1. The average molecular weight is 163 g/mol. The molecule has 0 aromatic heterocycles. The number of hydrogen-bond acceptors (Lipinski definition) is 2. The number of rotatable bonds is 0. The molecule has 1 aromatic carbocycles. The van der Waals surface area contributed by atoms with Crippen molar-refractivity contribution in [3.63, 3.8) is 0 Å². The van der Waals surface area contributed by atoms with E-state index in [9.17, 15) is 5.11 Å². The van der Waals surface area contributed by atoms with Gasteiger partial charge in [0, 0.05) is 12.0 Å². The number of hydrogen-bond donors (Lipinski definition) is 1. The molecule has 1 aliphatic rings. The maximum atomic E-state index is 9.64. The molecule has 1 radical (unpaired) electrons. The summed E-state index contributed by atoms with van der Waals surface area (Å²) in [5, 5.41) is 9.64. The van der Waals surface area contributed by atoms with Gasteiger partial charge in [-0.05, 0) is 13.0 Å². The predicted octanol–water partition coefficient (Wildman–Crippen LogP) is 1.38. The molecule has 1 aliphatic heterocycles. The first-order valence-electron chi connectivity index (χ1n) is 3.97. The van der Waals surface area contributed by atoms with Crippen LogP contribution >= 0.6 is 0 Å². The SMILES string of the molecule is CC1(O)[CH]c2ccccc2OC1. The zero-order valence-corrected chi connectivity index (χ0v) is 6.95. The summed E-state index contributed by atoms with van der Waals surface area (Å²) in [4.78, 5) is 0. The molecule has 0 aliphatic carbocycles. The second-order valence-electron chi connectivity index (χ2n) is 3.33. The van der Waals surface area contributed by atoms with Crippen LogP contribution in [0.1, 0.15) is 12.5 Å². The van der Waals surface area contributed by atoms with E-state index in [0.717, 1.165) is 11.3 Å². The molecule has 0 saturated carbocycles. The summed E-state index contributed by atoms with van der Waals surface area (Å²) in [6.45, 7) is 2.08. The summed E-state index contributed by atoms with van der Waals surface area (Å²) in [7, 11) is 0. The Morgan fingerprint density at radius 3 is 3.00 bits per heavy atom. The molecule has 0 bridgehead atoms. The standard InChI is InChI=1S/C10H11O2/c1-10(11)6-8-4-2-3-5-9(8)12-7-10/h2-6,11H,7H2,1H3. The average Bonchev–Trinajstić information content (AvgIpc) is 2.02. The maximum absolute atomic E-state index is 9.64. The Hall–Kier alpha value is -1.02. The van der Waals surface area contributed by atoms with Gasteiger partial charge in [-0.15, -0.1) is 0 Å². The van der Waals surface area contributed by atoms with E-state index in [1.807, 2.05) is 30.7 Å². The van der Waals surface area contributed by atoms with Crippen LogP contribution in [-0.2, 0) is 0 Å². The van der Waals surface area contributed by atoms with Gasteiger partial charge in [-0.3, -0.25) is 0 Å². The van der Waals surface area contributed by atoms with Crippen molar-refractivity contribution in [2.45, 2.75) is 12.5 Å². The van der Waals surface area contributed by atoms with Crippen LogP contribution in [-0.4, -0.2) is 17.3 Å². The van der Waals surface area contributed by atoms with Crippen LogP contribution in [0.3, 0.4) is 0 Å². The molecule has 0 saturated heterocycles. The van der Waals surface area contributed by atoms with E-state index in [4.69, 9.17) is 4.74 Å². The third kappa shape index (κ3) is 1.30. The Labute approximate surface area is 71.8 Å². The Morgan fingerprint density at radius 2 is 2.17 bits per heavy atom. The van der Waals surface area contributed by atoms with Gasteiger partial charge in [0.05, 0.1) is 0 Å². The minimum absolute atomic E-state index is 0.337. The molecule has 2 heteroatoms. The molecule has 0 fully saturated rings. The van der Waals surface area contributed by atoms with Gasteiger partial charge < -0.3 is 9.84 Å². The molecule has 1 N–H and O–H groups in total. The fraction of sp³-hybridized carbons (Fsp3) is 0.300. The Balaban J connectivity index is 2.35. The molecule has 0 amide bonds. The van der Waals surface area contributed by atoms with Crippen molar-refractivity contribution in [3.8, 4) is 5.75 Å². The van der Waals surface area contributed by atoms with Crippen molar-refractivity contribution in [1.82, 2.24) is 0 Å². The molecule has 2 nitrogen and oxygen atoms in total. The molecule has 1 unspecified atom stereocenters. The summed E-state index contributed by atoms with van der Waals surface area (Å²) in [6, 6.07) is 7.69. The largest absolute Gasteiger partial charge is 0.490 e. The highest BCUT2D eigenvalue weighted by Gasteiger charge is 2.28. The van der Waals surface area contributed by atoms with Gasteiger partial charge in [-0.2, -0.15) is 0 Å². The number of ether oxygens (including phenoxy) is 1. The van der Waals surface area contributed by atoms with Crippen LogP contribution in [0, 0.1) is 6.42 Å². The lowest BCUT2D eigenvalue weighted by molar-refractivity contribution is 0.0329. The highest BCUT2D eigenvalue weighted by molar-refractivity contribution is 5.42. The zero-order valence-electron chi connectivity index (χ0n) is 6.95. The van der Waals surface area contributed by atoms with Crippen molar-refractivity contribution in [2.24, 2.45) is 0 Å². The van der Waals surface area contributed by atoms with E-state index >= 15 is 0 Å². The quantitative estimate of drug-likeness (QED) is 0.626. The van der Waals surface area contributed by atoms with Gasteiger partial charge in [-0.25, -0.2) is 0 Å². The summed E-state index contributed by atoms with van der Waals surface area (Å²) in [5.74, 6) is 0.851. The number of fused-ring (bicyclic) bond motifs is 1. The number of aliphatic hydroxyl groups is 1. The van der Waals surface area contributed by atoms with E-state index in [2.05, 4.69) is 0 Å². The van der Waals surface area contributed by atoms with Gasteiger partial charge in [0.25, 0.3) is 0 Å². The molecule has 1 heterocycles. The van der Waals surface area contributed by atoms with E-state index < -0.39 is 5.60 Å². The van der Waals surface area contributed by atoms with Crippen LogP contribution in [0.2, 0.25) is 0 Å². The summed E-state index contributed by atoms with van der Waals surface area (Å²) >= 11 is 0. The minimum atomic E-state index is -0.825. The van der Waals surface area contributed by atoms with Crippen molar-refractivity contribution in [2.75, 3.05) is 6.61 Å². The summed E-state index contributed by atoms with van der Waals surface area (Å²) in [6.07, 6.45) is 1.83. The Morgan fingerprint density at radius 1 is 1.42 bits per heavy atom. The molecule has 1 atom stereocenters. The van der Waals surface area contributed by atoms with Gasteiger partial charge in [0.2, 0.25) is 0 Å². The van der Waals surface area contributed by atoms with Gasteiger partial charge in [0.1, 0.15) is 18.0 Å².